The van der Waals surface area contributed by atoms with E-state index in [1.165, 1.54) is 24.0 Å². The molecule has 1 fully saturated rings. The molecule has 0 radical (unpaired) electrons. The van der Waals surface area contributed by atoms with E-state index < -0.39 is 28.0 Å². The first kappa shape index (κ1) is 23.7. The monoisotopic (exact) mass is 483 g/mol. The number of rotatable bonds is 7. The average molecular weight is 484 g/mol. The van der Waals surface area contributed by atoms with Gasteiger partial charge in [0.05, 0.1) is 22.4 Å². The molecule has 0 saturated carbocycles. The number of nitrogens with zero attached hydrogens (tertiary/aromatic N) is 2. The zero-order chi connectivity index (χ0) is 24.5. The molecule has 1 saturated heterocycles. The predicted molar refractivity (Wildman–Crippen MR) is 125 cm³/mol. The number of sulfonamides is 1. The Bertz CT molecular complexity index is 1340. The molecule has 2 aromatic carbocycles. The number of ether oxygens (including phenoxy) is 1. The summed E-state index contributed by atoms with van der Waals surface area (Å²) in [5, 5.41) is 10.4. The van der Waals surface area contributed by atoms with Crippen LogP contribution >= 0.6 is 0 Å². The highest BCUT2D eigenvalue weighted by Gasteiger charge is 2.41. The molecule has 2 atom stereocenters. The number of aryl methyl sites for hydroxylation is 1. The summed E-state index contributed by atoms with van der Waals surface area (Å²) in [7, 11) is -3.99. The normalized spacial score (nSPS) is 18.2. The quantitative estimate of drug-likeness (QED) is 0.528. The lowest BCUT2D eigenvalue weighted by atomic mass is 10.1. The number of hydrogen-bond donors (Lipinski definition) is 2. The third-order valence-electron chi connectivity index (χ3n) is 5.85. The van der Waals surface area contributed by atoms with Crippen LogP contribution in [0.1, 0.15) is 18.2 Å². The van der Waals surface area contributed by atoms with Gasteiger partial charge in [-0.3, -0.25) is 14.6 Å². The second kappa shape index (κ2) is 9.40. The van der Waals surface area contributed by atoms with Gasteiger partial charge in [-0.2, -0.15) is 0 Å². The molecule has 178 valence electrons. The van der Waals surface area contributed by atoms with E-state index in [1.807, 2.05) is 37.3 Å². The van der Waals surface area contributed by atoms with Crippen LogP contribution in [0.3, 0.4) is 0 Å². The number of benzene rings is 2. The molecule has 9 nitrogen and oxygen atoms in total. The number of likely N-dealkylation sites (tertiary alicyclic amines) is 1. The van der Waals surface area contributed by atoms with Crippen LogP contribution in [0.15, 0.2) is 59.5 Å². The molecular formula is C24H25N3O6S. The van der Waals surface area contributed by atoms with Crippen LogP contribution in [0.5, 0.6) is 5.75 Å². The van der Waals surface area contributed by atoms with Gasteiger partial charge in [0.2, 0.25) is 15.9 Å². The molecular weight excluding hydrogens is 458 g/mol. The van der Waals surface area contributed by atoms with Crippen molar-refractivity contribution in [3.05, 3.63) is 65.9 Å². The maximum Gasteiger partial charge on any atom is 0.310 e. The van der Waals surface area contributed by atoms with Gasteiger partial charge in [-0.25, -0.2) is 13.1 Å². The van der Waals surface area contributed by atoms with Crippen LogP contribution in [0, 0.1) is 12.8 Å². The highest BCUT2D eigenvalue weighted by molar-refractivity contribution is 7.89. The summed E-state index contributed by atoms with van der Waals surface area (Å²) in [5.41, 5.74) is 2.72. The number of aliphatic carboxylic acids is 1. The zero-order valence-corrected chi connectivity index (χ0v) is 19.6. The first-order valence-electron chi connectivity index (χ1n) is 10.7. The van der Waals surface area contributed by atoms with E-state index in [0.29, 0.717) is 5.75 Å². The summed E-state index contributed by atoms with van der Waals surface area (Å²) in [6.45, 7) is 3.50. The number of hydrogen-bond acceptors (Lipinski definition) is 6. The summed E-state index contributed by atoms with van der Waals surface area (Å²) < 4.78 is 34.0. The van der Waals surface area contributed by atoms with Gasteiger partial charge in [0, 0.05) is 36.7 Å². The molecule has 34 heavy (non-hydrogen) atoms. The second-order valence-electron chi connectivity index (χ2n) is 8.30. The highest BCUT2D eigenvalue weighted by atomic mass is 32.2. The van der Waals surface area contributed by atoms with E-state index in [9.17, 15) is 23.1 Å². The Hall–Kier alpha value is -3.50. The molecule has 0 spiro atoms. The van der Waals surface area contributed by atoms with Gasteiger partial charge in [-0.15, -0.1) is 0 Å². The van der Waals surface area contributed by atoms with Crippen molar-refractivity contribution in [2.24, 2.45) is 5.92 Å². The van der Waals surface area contributed by atoms with Crippen molar-refractivity contribution < 1.29 is 27.9 Å². The van der Waals surface area contributed by atoms with E-state index in [-0.39, 0.29) is 30.5 Å². The van der Waals surface area contributed by atoms with Crippen molar-refractivity contribution in [2.45, 2.75) is 31.4 Å². The third kappa shape index (κ3) is 5.02. The number of amides is 1. The molecule has 1 amide bonds. The fraction of sp³-hybridized carbons (Fsp3) is 0.292. The molecule has 1 aliphatic heterocycles. The standard InChI is InChI=1S/C24H25N3O6S/c1-15-11-17(20-5-3-4-6-22(20)25-15)14-33-18-7-9-19(10-8-18)34(31,32)26-23-13-27(16(2)28)12-21(23)24(29)30/h3-11,21,23,26H,12-14H2,1-2H3,(H,29,30). The Balaban J connectivity index is 1.46. The molecule has 0 aliphatic carbocycles. The lowest BCUT2D eigenvalue weighted by Crippen LogP contribution is -2.43. The van der Waals surface area contributed by atoms with Crippen LogP contribution in [0.4, 0.5) is 0 Å². The lowest BCUT2D eigenvalue weighted by Gasteiger charge is -2.17. The van der Waals surface area contributed by atoms with Crippen molar-refractivity contribution in [3.8, 4) is 5.75 Å². The fourth-order valence-corrected chi connectivity index (χ4v) is 5.36. The number of pyridine rings is 1. The van der Waals surface area contributed by atoms with Crippen LogP contribution in [0.25, 0.3) is 10.9 Å². The molecule has 2 N–H and O–H groups in total. The smallest absolute Gasteiger partial charge is 0.310 e. The van der Waals surface area contributed by atoms with Gasteiger partial charge < -0.3 is 14.7 Å². The summed E-state index contributed by atoms with van der Waals surface area (Å²) >= 11 is 0. The van der Waals surface area contributed by atoms with Gasteiger partial charge >= 0.3 is 5.97 Å². The van der Waals surface area contributed by atoms with Crippen molar-refractivity contribution in [3.63, 3.8) is 0 Å². The molecule has 1 aromatic heterocycles. The largest absolute Gasteiger partial charge is 0.489 e. The maximum atomic E-state index is 12.9. The minimum atomic E-state index is -3.99. The van der Waals surface area contributed by atoms with Gasteiger partial charge in [-0.1, -0.05) is 18.2 Å². The van der Waals surface area contributed by atoms with Crippen molar-refractivity contribution >= 4 is 32.8 Å². The number of carbonyl (C=O) groups excluding carboxylic acids is 1. The molecule has 3 aromatic rings. The molecule has 4 rings (SSSR count). The minimum Gasteiger partial charge on any atom is -0.489 e. The summed E-state index contributed by atoms with van der Waals surface area (Å²) in [5.74, 6) is -1.98. The number of para-hydroxylation sites is 1. The van der Waals surface area contributed by atoms with Crippen LogP contribution in [-0.2, 0) is 26.2 Å². The zero-order valence-electron chi connectivity index (χ0n) is 18.8. The number of fused-ring (bicyclic) bond motifs is 1. The molecule has 2 unspecified atom stereocenters. The molecule has 1 aliphatic rings. The number of carboxylic acid groups (broad SMARTS) is 1. The van der Waals surface area contributed by atoms with E-state index >= 15 is 0 Å². The van der Waals surface area contributed by atoms with Crippen LogP contribution < -0.4 is 9.46 Å². The number of carboxylic acids is 1. The van der Waals surface area contributed by atoms with Crippen molar-refractivity contribution in [1.82, 2.24) is 14.6 Å². The Labute approximate surface area is 197 Å². The van der Waals surface area contributed by atoms with Crippen molar-refractivity contribution in [2.75, 3.05) is 13.1 Å². The summed E-state index contributed by atoms with van der Waals surface area (Å²) in [6, 6.07) is 14.7. The lowest BCUT2D eigenvalue weighted by molar-refractivity contribution is -0.141. The van der Waals surface area contributed by atoms with Crippen molar-refractivity contribution in [1.29, 1.82) is 0 Å². The maximum absolute atomic E-state index is 12.9. The topological polar surface area (TPSA) is 126 Å². The highest BCUT2D eigenvalue weighted by Crippen LogP contribution is 2.23. The Morgan fingerprint density at radius 3 is 2.53 bits per heavy atom. The molecule has 10 heteroatoms. The number of aromatic nitrogens is 1. The van der Waals surface area contributed by atoms with E-state index in [2.05, 4.69) is 9.71 Å². The van der Waals surface area contributed by atoms with Gasteiger partial charge in [-0.05, 0) is 43.3 Å². The van der Waals surface area contributed by atoms with Crippen LogP contribution in [0.2, 0.25) is 0 Å². The second-order valence-corrected chi connectivity index (χ2v) is 10.0. The molecule has 0 bridgehead atoms. The van der Waals surface area contributed by atoms with E-state index in [1.54, 1.807) is 12.1 Å². The summed E-state index contributed by atoms with van der Waals surface area (Å²) in [4.78, 5) is 29.0. The van der Waals surface area contributed by atoms with Gasteiger partial charge in [0.25, 0.3) is 0 Å². The third-order valence-corrected chi connectivity index (χ3v) is 7.35. The first-order valence-corrected chi connectivity index (χ1v) is 12.2. The first-order chi connectivity index (χ1) is 16.1. The Kier molecular flexibility index (Phi) is 6.54. The van der Waals surface area contributed by atoms with Gasteiger partial charge in [0.15, 0.2) is 0 Å². The molecule has 2 heterocycles. The van der Waals surface area contributed by atoms with E-state index in [0.717, 1.165) is 22.2 Å². The predicted octanol–water partition coefficient (Wildman–Crippen LogP) is 2.33. The van der Waals surface area contributed by atoms with E-state index in [4.69, 9.17) is 4.74 Å². The average Bonchev–Trinajstić information content (AvgIpc) is 3.21. The number of nitrogens with one attached hydrogen (secondary N) is 1. The van der Waals surface area contributed by atoms with Gasteiger partial charge in [0.1, 0.15) is 12.4 Å². The summed E-state index contributed by atoms with van der Waals surface area (Å²) in [6.07, 6.45) is 0. The minimum absolute atomic E-state index is 0.00598. The fourth-order valence-electron chi connectivity index (χ4n) is 4.09. The number of carbonyl (C=O) groups is 2. The van der Waals surface area contributed by atoms with Crippen LogP contribution in [-0.4, -0.2) is 54.4 Å². The SMILES string of the molecule is CC(=O)N1CC(NS(=O)(=O)c2ccc(OCc3cc(C)nc4ccccc34)cc2)C(C(=O)O)C1. The Morgan fingerprint density at radius 2 is 1.85 bits per heavy atom. The Morgan fingerprint density at radius 1 is 1.15 bits per heavy atom.